The Morgan fingerprint density at radius 2 is 2.12 bits per heavy atom. The molecule has 4 heteroatoms. The predicted molar refractivity (Wildman–Crippen MR) is 64.2 cm³/mol. The van der Waals surface area contributed by atoms with E-state index in [2.05, 4.69) is 18.7 Å². The molecule has 4 nitrogen and oxygen atoms in total. The van der Waals surface area contributed by atoms with Gasteiger partial charge in [0.1, 0.15) is 0 Å². The van der Waals surface area contributed by atoms with Crippen LogP contribution in [0.3, 0.4) is 0 Å². The first-order valence-corrected chi connectivity index (χ1v) is 6.32. The number of amides is 1. The number of nitrogens with zero attached hydrogens (tertiary/aromatic N) is 2. The lowest BCUT2D eigenvalue weighted by Gasteiger charge is -2.21. The van der Waals surface area contributed by atoms with E-state index < -0.39 is 0 Å². The zero-order chi connectivity index (χ0) is 12.0. The molecule has 0 spiro atoms. The quantitative estimate of drug-likeness (QED) is 0.692. The summed E-state index contributed by atoms with van der Waals surface area (Å²) in [6, 6.07) is 0. The van der Waals surface area contributed by atoms with E-state index in [0.717, 1.165) is 39.1 Å². The van der Waals surface area contributed by atoms with Crippen molar-refractivity contribution in [1.29, 1.82) is 0 Å². The fourth-order valence-corrected chi connectivity index (χ4v) is 2.22. The highest BCUT2D eigenvalue weighted by Crippen LogP contribution is 2.17. The van der Waals surface area contributed by atoms with E-state index in [1.165, 1.54) is 0 Å². The van der Waals surface area contributed by atoms with E-state index in [1.807, 2.05) is 4.90 Å². The van der Waals surface area contributed by atoms with Crippen LogP contribution in [-0.4, -0.2) is 60.1 Å². The third kappa shape index (κ3) is 3.76. The molecule has 0 aromatic rings. The molecule has 1 rings (SSSR count). The van der Waals surface area contributed by atoms with E-state index in [1.54, 1.807) is 0 Å². The van der Waals surface area contributed by atoms with Crippen LogP contribution < -0.4 is 0 Å². The van der Waals surface area contributed by atoms with Gasteiger partial charge in [-0.25, -0.2) is 0 Å². The fraction of sp³-hybridized carbons (Fsp3) is 0.917. The SMILES string of the molecule is CCN(CC)CCCN1CC(CO)CC1=O. The molecule has 1 saturated heterocycles. The summed E-state index contributed by atoms with van der Waals surface area (Å²) in [5.41, 5.74) is 0. The molecular weight excluding hydrogens is 204 g/mol. The summed E-state index contributed by atoms with van der Waals surface area (Å²) < 4.78 is 0. The van der Waals surface area contributed by atoms with E-state index in [0.29, 0.717) is 6.42 Å². The summed E-state index contributed by atoms with van der Waals surface area (Å²) in [7, 11) is 0. The third-order valence-corrected chi connectivity index (χ3v) is 3.35. The second-order valence-corrected chi connectivity index (χ2v) is 4.47. The first kappa shape index (κ1) is 13.5. The van der Waals surface area contributed by atoms with Gasteiger partial charge in [0.05, 0.1) is 0 Å². The second kappa shape index (κ2) is 6.86. The zero-order valence-corrected chi connectivity index (χ0v) is 10.5. The van der Waals surface area contributed by atoms with Gasteiger partial charge in [-0.1, -0.05) is 13.8 Å². The number of aliphatic hydroxyl groups is 1. The molecule has 1 unspecified atom stereocenters. The fourth-order valence-electron chi connectivity index (χ4n) is 2.22. The molecule has 1 fully saturated rings. The maximum absolute atomic E-state index is 11.6. The van der Waals surface area contributed by atoms with E-state index in [-0.39, 0.29) is 18.4 Å². The van der Waals surface area contributed by atoms with Crippen LogP contribution in [0.15, 0.2) is 0 Å². The van der Waals surface area contributed by atoms with Crippen molar-refractivity contribution in [2.24, 2.45) is 5.92 Å². The number of hydrogen-bond donors (Lipinski definition) is 1. The Balaban J connectivity index is 2.20. The van der Waals surface area contributed by atoms with Crippen molar-refractivity contribution in [3.8, 4) is 0 Å². The molecule has 1 N–H and O–H groups in total. The lowest BCUT2D eigenvalue weighted by atomic mass is 10.1. The molecule has 1 amide bonds. The Bertz CT molecular complexity index is 217. The summed E-state index contributed by atoms with van der Waals surface area (Å²) >= 11 is 0. The van der Waals surface area contributed by atoms with Gasteiger partial charge in [0.25, 0.3) is 0 Å². The molecule has 1 heterocycles. The van der Waals surface area contributed by atoms with Crippen molar-refractivity contribution in [2.75, 3.05) is 39.3 Å². The first-order chi connectivity index (χ1) is 7.71. The number of likely N-dealkylation sites (tertiary alicyclic amines) is 1. The van der Waals surface area contributed by atoms with E-state index in [4.69, 9.17) is 5.11 Å². The smallest absolute Gasteiger partial charge is 0.223 e. The van der Waals surface area contributed by atoms with Crippen LogP contribution in [0.1, 0.15) is 26.7 Å². The van der Waals surface area contributed by atoms with Gasteiger partial charge >= 0.3 is 0 Å². The lowest BCUT2D eigenvalue weighted by Crippen LogP contribution is -2.31. The van der Waals surface area contributed by atoms with Gasteiger partial charge in [-0.3, -0.25) is 4.79 Å². The highest BCUT2D eigenvalue weighted by molar-refractivity contribution is 5.78. The molecule has 0 saturated carbocycles. The van der Waals surface area contributed by atoms with Crippen LogP contribution >= 0.6 is 0 Å². The first-order valence-electron chi connectivity index (χ1n) is 6.32. The minimum Gasteiger partial charge on any atom is -0.396 e. The molecule has 1 aliphatic rings. The van der Waals surface area contributed by atoms with Crippen LogP contribution in [-0.2, 0) is 4.79 Å². The van der Waals surface area contributed by atoms with Crippen LogP contribution in [0, 0.1) is 5.92 Å². The molecule has 0 bridgehead atoms. The molecule has 0 aliphatic carbocycles. The van der Waals surface area contributed by atoms with Gasteiger partial charge in [0, 0.05) is 32.0 Å². The Labute approximate surface area is 98.2 Å². The normalized spacial score (nSPS) is 21.1. The zero-order valence-electron chi connectivity index (χ0n) is 10.5. The minimum atomic E-state index is 0.137. The Morgan fingerprint density at radius 3 is 2.62 bits per heavy atom. The van der Waals surface area contributed by atoms with Crippen LogP contribution in [0.2, 0.25) is 0 Å². The minimum absolute atomic E-state index is 0.137. The molecule has 1 atom stereocenters. The van der Waals surface area contributed by atoms with Gasteiger partial charge < -0.3 is 14.9 Å². The number of carbonyl (C=O) groups is 1. The number of aliphatic hydroxyl groups excluding tert-OH is 1. The molecule has 16 heavy (non-hydrogen) atoms. The molecule has 0 aromatic carbocycles. The second-order valence-electron chi connectivity index (χ2n) is 4.47. The monoisotopic (exact) mass is 228 g/mol. The molecule has 0 aromatic heterocycles. The topological polar surface area (TPSA) is 43.8 Å². The van der Waals surface area contributed by atoms with E-state index in [9.17, 15) is 4.79 Å². The highest BCUT2D eigenvalue weighted by Gasteiger charge is 2.28. The average Bonchev–Trinajstić information content (AvgIpc) is 2.66. The molecule has 94 valence electrons. The van der Waals surface area contributed by atoms with Crippen LogP contribution in [0.5, 0.6) is 0 Å². The van der Waals surface area contributed by atoms with Crippen LogP contribution in [0.4, 0.5) is 0 Å². The Kier molecular flexibility index (Phi) is 5.77. The maximum Gasteiger partial charge on any atom is 0.223 e. The average molecular weight is 228 g/mol. The molecular formula is C12H24N2O2. The van der Waals surface area contributed by atoms with Crippen molar-refractivity contribution in [3.05, 3.63) is 0 Å². The Hall–Kier alpha value is -0.610. The number of carbonyl (C=O) groups excluding carboxylic acids is 1. The van der Waals surface area contributed by atoms with E-state index >= 15 is 0 Å². The third-order valence-electron chi connectivity index (χ3n) is 3.35. The largest absolute Gasteiger partial charge is 0.396 e. The number of rotatable bonds is 7. The van der Waals surface area contributed by atoms with Crippen molar-refractivity contribution >= 4 is 5.91 Å². The van der Waals surface area contributed by atoms with Gasteiger partial charge in [0.15, 0.2) is 0 Å². The molecule has 1 aliphatic heterocycles. The maximum atomic E-state index is 11.6. The van der Waals surface area contributed by atoms with Gasteiger partial charge in [0.2, 0.25) is 5.91 Å². The summed E-state index contributed by atoms with van der Waals surface area (Å²) in [6.07, 6.45) is 1.56. The highest BCUT2D eigenvalue weighted by atomic mass is 16.3. The van der Waals surface area contributed by atoms with Gasteiger partial charge in [-0.2, -0.15) is 0 Å². The molecule has 0 radical (unpaired) electrons. The summed E-state index contributed by atoms with van der Waals surface area (Å²) in [5, 5.41) is 9.00. The summed E-state index contributed by atoms with van der Waals surface area (Å²) in [4.78, 5) is 15.8. The summed E-state index contributed by atoms with van der Waals surface area (Å²) in [5.74, 6) is 0.375. The van der Waals surface area contributed by atoms with Crippen molar-refractivity contribution in [1.82, 2.24) is 9.80 Å². The lowest BCUT2D eigenvalue weighted by molar-refractivity contribution is -0.127. The number of hydrogen-bond acceptors (Lipinski definition) is 3. The van der Waals surface area contributed by atoms with Crippen molar-refractivity contribution < 1.29 is 9.90 Å². The van der Waals surface area contributed by atoms with Crippen molar-refractivity contribution in [2.45, 2.75) is 26.7 Å². The standard InChI is InChI=1S/C12H24N2O2/c1-3-13(4-2)6-5-7-14-9-11(10-15)8-12(14)16/h11,15H,3-10H2,1-2H3. The van der Waals surface area contributed by atoms with Gasteiger partial charge in [-0.05, 0) is 26.1 Å². The van der Waals surface area contributed by atoms with Crippen molar-refractivity contribution in [3.63, 3.8) is 0 Å². The predicted octanol–water partition coefficient (Wildman–Crippen LogP) is 0.559. The van der Waals surface area contributed by atoms with Gasteiger partial charge in [-0.15, -0.1) is 0 Å². The van der Waals surface area contributed by atoms with Crippen LogP contribution in [0.25, 0.3) is 0 Å². The summed E-state index contributed by atoms with van der Waals surface area (Å²) in [6.45, 7) is 9.24. The Morgan fingerprint density at radius 1 is 1.44 bits per heavy atom.